The summed E-state index contributed by atoms with van der Waals surface area (Å²) in [5.74, 6) is 2.85. The molecule has 0 aromatic carbocycles. The predicted molar refractivity (Wildman–Crippen MR) is 83.3 cm³/mol. The van der Waals surface area contributed by atoms with E-state index < -0.39 is 0 Å². The summed E-state index contributed by atoms with van der Waals surface area (Å²) in [6.07, 6.45) is 1.51. The zero-order valence-corrected chi connectivity index (χ0v) is 13.9. The zero-order chi connectivity index (χ0) is 16.6. The van der Waals surface area contributed by atoms with Gasteiger partial charge in [0.15, 0.2) is 5.82 Å². The first kappa shape index (κ1) is 15.6. The van der Waals surface area contributed by atoms with Gasteiger partial charge in [-0.3, -0.25) is 4.79 Å². The van der Waals surface area contributed by atoms with Crippen LogP contribution in [0.1, 0.15) is 49.4 Å². The number of carbonyl (C=O) groups excluding carboxylic acids is 1. The first-order valence-corrected chi connectivity index (χ1v) is 7.98. The second kappa shape index (κ2) is 6.06. The van der Waals surface area contributed by atoms with E-state index in [0.29, 0.717) is 18.2 Å². The summed E-state index contributed by atoms with van der Waals surface area (Å²) in [6.45, 7) is 7.99. The van der Waals surface area contributed by atoms with Crippen molar-refractivity contribution < 1.29 is 9.53 Å². The third-order valence-corrected chi connectivity index (χ3v) is 3.95. The van der Waals surface area contributed by atoms with Gasteiger partial charge in [0.2, 0.25) is 0 Å². The predicted octanol–water partition coefficient (Wildman–Crippen LogP) is 1.90. The van der Waals surface area contributed by atoms with Gasteiger partial charge < -0.3 is 4.74 Å². The summed E-state index contributed by atoms with van der Waals surface area (Å²) < 4.78 is 6.83. The smallest absolute Gasteiger partial charge is 0.309 e. The van der Waals surface area contributed by atoms with Crippen LogP contribution >= 0.6 is 0 Å². The molecule has 0 N–H and O–H groups in total. The Morgan fingerprint density at radius 3 is 2.70 bits per heavy atom. The van der Waals surface area contributed by atoms with Crippen molar-refractivity contribution in [2.24, 2.45) is 5.92 Å². The van der Waals surface area contributed by atoms with E-state index in [1.165, 1.54) is 0 Å². The van der Waals surface area contributed by atoms with Crippen LogP contribution in [0, 0.1) is 19.8 Å². The maximum atomic E-state index is 11.9. The molecule has 1 saturated carbocycles. The Kier molecular flexibility index (Phi) is 4.11. The Hall–Kier alpha value is -2.31. The molecule has 1 aliphatic rings. The summed E-state index contributed by atoms with van der Waals surface area (Å²) in [6, 6.07) is 1.91. The number of nitrogens with zero attached hydrogens (tertiary/aromatic N) is 5. The van der Waals surface area contributed by atoms with Crippen molar-refractivity contribution >= 4 is 5.97 Å². The lowest BCUT2D eigenvalue weighted by atomic mass is 10.2. The Morgan fingerprint density at radius 1 is 1.30 bits per heavy atom. The lowest BCUT2D eigenvalue weighted by Gasteiger charge is -2.08. The van der Waals surface area contributed by atoms with Gasteiger partial charge in [-0.2, -0.15) is 4.68 Å². The van der Waals surface area contributed by atoms with Gasteiger partial charge in [0.25, 0.3) is 0 Å². The molecule has 7 heteroatoms. The normalized spacial score (nSPS) is 19.7. The molecule has 1 aliphatic carbocycles. The van der Waals surface area contributed by atoms with E-state index in [-0.39, 0.29) is 17.8 Å². The van der Waals surface area contributed by atoms with Crippen LogP contribution in [-0.4, -0.2) is 37.3 Å². The van der Waals surface area contributed by atoms with Crippen LogP contribution in [0.15, 0.2) is 6.07 Å². The second-order valence-corrected chi connectivity index (χ2v) is 5.74. The standard InChI is InChI=1S/C16H21N5O2/c1-5-14-18-13(11-7-12(11)16(22)23-6-2)8-15(19-14)21-10(4)17-9(3)20-21/h8,11-12H,5-7H2,1-4H3/t11-,12-/m1/s1. The van der Waals surface area contributed by atoms with Crippen LogP contribution in [0.25, 0.3) is 5.82 Å². The largest absolute Gasteiger partial charge is 0.466 e. The molecule has 2 aromatic heterocycles. The third kappa shape index (κ3) is 3.09. The lowest BCUT2D eigenvalue weighted by Crippen LogP contribution is -2.10. The molecule has 2 heterocycles. The molecule has 23 heavy (non-hydrogen) atoms. The van der Waals surface area contributed by atoms with Gasteiger partial charge >= 0.3 is 5.97 Å². The summed E-state index contributed by atoms with van der Waals surface area (Å²) in [5.41, 5.74) is 0.887. The quantitative estimate of drug-likeness (QED) is 0.784. The Morgan fingerprint density at radius 2 is 2.09 bits per heavy atom. The highest BCUT2D eigenvalue weighted by Gasteiger charge is 2.46. The van der Waals surface area contributed by atoms with E-state index in [1.54, 1.807) is 4.68 Å². The van der Waals surface area contributed by atoms with E-state index in [1.807, 2.05) is 33.8 Å². The maximum Gasteiger partial charge on any atom is 0.309 e. The fourth-order valence-corrected chi connectivity index (χ4v) is 2.73. The molecule has 0 radical (unpaired) electrons. The molecule has 0 amide bonds. The molecule has 7 nitrogen and oxygen atoms in total. The highest BCUT2D eigenvalue weighted by Crippen LogP contribution is 2.47. The van der Waals surface area contributed by atoms with Crippen molar-refractivity contribution in [3.63, 3.8) is 0 Å². The molecule has 0 spiro atoms. The Balaban J connectivity index is 1.92. The number of hydrogen-bond acceptors (Lipinski definition) is 6. The number of ether oxygens (including phenoxy) is 1. The number of hydrogen-bond donors (Lipinski definition) is 0. The van der Waals surface area contributed by atoms with Gasteiger partial charge in [0, 0.05) is 18.4 Å². The Labute approximate surface area is 135 Å². The SMILES string of the molecule is CCOC(=O)[C@@H]1C[C@H]1c1cc(-n2nc(C)nc2C)nc(CC)n1. The van der Waals surface area contributed by atoms with Gasteiger partial charge in [0.1, 0.15) is 17.5 Å². The molecule has 2 aromatic rings. The van der Waals surface area contributed by atoms with Crippen molar-refractivity contribution in [1.82, 2.24) is 24.7 Å². The van der Waals surface area contributed by atoms with Crippen molar-refractivity contribution in [1.29, 1.82) is 0 Å². The topological polar surface area (TPSA) is 82.8 Å². The van der Waals surface area contributed by atoms with Crippen LogP contribution < -0.4 is 0 Å². The fraction of sp³-hybridized carbons (Fsp3) is 0.562. The molecule has 0 unspecified atom stereocenters. The molecule has 0 aliphatic heterocycles. The van der Waals surface area contributed by atoms with Crippen LogP contribution in [-0.2, 0) is 16.0 Å². The third-order valence-electron chi connectivity index (χ3n) is 3.95. The van der Waals surface area contributed by atoms with Gasteiger partial charge in [-0.1, -0.05) is 6.92 Å². The summed E-state index contributed by atoms with van der Waals surface area (Å²) >= 11 is 0. The van der Waals surface area contributed by atoms with E-state index in [2.05, 4.69) is 20.1 Å². The van der Waals surface area contributed by atoms with Gasteiger partial charge in [0.05, 0.1) is 18.2 Å². The lowest BCUT2D eigenvalue weighted by molar-refractivity contribution is -0.144. The van der Waals surface area contributed by atoms with Crippen molar-refractivity contribution in [2.45, 2.75) is 46.5 Å². The van der Waals surface area contributed by atoms with Crippen LogP contribution in [0.5, 0.6) is 0 Å². The number of aryl methyl sites for hydroxylation is 3. The molecule has 3 rings (SSSR count). The molecule has 0 saturated heterocycles. The number of rotatable bonds is 5. The number of aromatic nitrogens is 5. The van der Waals surface area contributed by atoms with Gasteiger partial charge in [-0.25, -0.2) is 15.0 Å². The van der Waals surface area contributed by atoms with Crippen molar-refractivity contribution in [3.05, 3.63) is 29.2 Å². The molecule has 0 bridgehead atoms. The molecule has 1 fully saturated rings. The number of carbonyl (C=O) groups is 1. The number of esters is 1. The minimum Gasteiger partial charge on any atom is -0.466 e. The maximum absolute atomic E-state index is 11.9. The molecular weight excluding hydrogens is 294 g/mol. The van der Waals surface area contributed by atoms with Gasteiger partial charge in [-0.05, 0) is 27.2 Å². The average Bonchev–Trinajstić information content (AvgIpc) is 3.26. The van der Waals surface area contributed by atoms with E-state index >= 15 is 0 Å². The van der Waals surface area contributed by atoms with Crippen LogP contribution in [0.3, 0.4) is 0 Å². The van der Waals surface area contributed by atoms with E-state index in [4.69, 9.17) is 4.74 Å². The first-order valence-electron chi connectivity index (χ1n) is 7.98. The fourth-order valence-electron chi connectivity index (χ4n) is 2.73. The first-order chi connectivity index (χ1) is 11.0. The molecular formula is C16H21N5O2. The summed E-state index contributed by atoms with van der Waals surface area (Å²) in [4.78, 5) is 25.3. The highest BCUT2D eigenvalue weighted by molar-refractivity contribution is 5.77. The molecule has 2 atom stereocenters. The monoisotopic (exact) mass is 315 g/mol. The van der Waals surface area contributed by atoms with Gasteiger partial charge in [-0.15, -0.1) is 5.10 Å². The van der Waals surface area contributed by atoms with Crippen molar-refractivity contribution in [2.75, 3.05) is 6.61 Å². The summed E-state index contributed by atoms with van der Waals surface area (Å²) in [5, 5.41) is 4.38. The Bertz CT molecular complexity index is 740. The minimum atomic E-state index is -0.136. The summed E-state index contributed by atoms with van der Waals surface area (Å²) in [7, 11) is 0. The van der Waals surface area contributed by atoms with E-state index in [0.717, 1.165) is 30.2 Å². The van der Waals surface area contributed by atoms with E-state index in [9.17, 15) is 4.79 Å². The van der Waals surface area contributed by atoms with Crippen LogP contribution in [0.2, 0.25) is 0 Å². The second-order valence-electron chi connectivity index (χ2n) is 5.74. The van der Waals surface area contributed by atoms with Crippen molar-refractivity contribution in [3.8, 4) is 5.82 Å². The van der Waals surface area contributed by atoms with Crippen LogP contribution in [0.4, 0.5) is 0 Å². The molecule has 122 valence electrons. The average molecular weight is 315 g/mol. The highest BCUT2D eigenvalue weighted by atomic mass is 16.5. The minimum absolute atomic E-state index is 0.0824. The zero-order valence-electron chi connectivity index (χ0n) is 13.9.